The first-order valence-electron chi connectivity index (χ1n) is 6.05. The van der Waals surface area contributed by atoms with Gasteiger partial charge in [-0.25, -0.2) is 0 Å². The van der Waals surface area contributed by atoms with Crippen LogP contribution in [0.25, 0.3) is 0 Å². The van der Waals surface area contributed by atoms with Gasteiger partial charge in [0, 0.05) is 24.1 Å². The Morgan fingerprint density at radius 3 is 2.69 bits per heavy atom. The zero-order valence-corrected chi connectivity index (χ0v) is 11.4. The van der Waals surface area contributed by atoms with Gasteiger partial charge in [-0.1, -0.05) is 13.0 Å². The van der Waals surface area contributed by atoms with E-state index in [1.54, 1.807) is 0 Å². The molecule has 0 amide bonds. The van der Waals surface area contributed by atoms with Gasteiger partial charge in [0.15, 0.2) is 0 Å². The van der Waals surface area contributed by atoms with Crippen molar-refractivity contribution in [3.05, 3.63) is 28.2 Å². The molecule has 88 valence electrons. The van der Waals surface area contributed by atoms with E-state index in [0.29, 0.717) is 0 Å². The summed E-state index contributed by atoms with van der Waals surface area (Å²) in [4.78, 5) is 2.46. The van der Waals surface area contributed by atoms with Gasteiger partial charge in [0.05, 0.1) is 5.69 Å². The molecule has 1 aromatic rings. The summed E-state index contributed by atoms with van der Waals surface area (Å²) >= 11 is 3.68. The fraction of sp³-hybridized carbons (Fsp3) is 0.538. The molecule has 3 heteroatoms. The second-order valence-electron chi connectivity index (χ2n) is 4.26. The molecule has 0 aliphatic carbocycles. The van der Waals surface area contributed by atoms with Crippen LogP contribution in [-0.2, 0) is 6.54 Å². The quantitative estimate of drug-likeness (QED) is 0.913. The standard InChI is InChI=1S/C13H19BrN2/c1-2-15-10-11-5-6-13(12(14)9-11)16-7-3-4-8-16/h5-6,9,15H,2-4,7-8,10H2,1H3. The topological polar surface area (TPSA) is 15.3 Å². The maximum atomic E-state index is 3.68. The van der Waals surface area contributed by atoms with Crippen LogP contribution in [0, 0.1) is 0 Å². The van der Waals surface area contributed by atoms with Gasteiger partial charge in [-0.05, 0) is 53.0 Å². The van der Waals surface area contributed by atoms with Crippen molar-refractivity contribution in [3.8, 4) is 0 Å². The number of nitrogens with one attached hydrogen (secondary N) is 1. The predicted molar refractivity (Wildman–Crippen MR) is 73.0 cm³/mol. The lowest BCUT2D eigenvalue weighted by atomic mass is 10.2. The number of benzene rings is 1. The molecule has 0 unspecified atom stereocenters. The average molecular weight is 283 g/mol. The van der Waals surface area contributed by atoms with E-state index in [9.17, 15) is 0 Å². The Kier molecular flexibility index (Phi) is 4.24. The third-order valence-corrected chi connectivity index (χ3v) is 3.67. The number of hydrogen-bond donors (Lipinski definition) is 1. The van der Waals surface area contributed by atoms with Crippen LogP contribution >= 0.6 is 15.9 Å². The summed E-state index contributed by atoms with van der Waals surface area (Å²) in [5.41, 5.74) is 2.69. The predicted octanol–water partition coefficient (Wildman–Crippen LogP) is 3.16. The van der Waals surface area contributed by atoms with E-state index in [-0.39, 0.29) is 0 Å². The van der Waals surface area contributed by atoms with E-state index in [2.05, 4.69) is 51.3 Å². The maximum absolute atomic E-state index is 3.68. The second kappa shape index (κ2) is 5.69. The zero-order valence-electron chi connectivity index (χ0n) is 9.80. The molecular formula is C13H19BrN2. The van der Waals surface area contributed by atoms with Gasteiger partial charge in [0.1, 0.15) is 0 Å². The van der Waals surface area contributed by atoms with Gasteiger partial charge in [0.2, 0.25) is 0 Å². The monoisotopic (exact) mass is 282 g/mol. The molecule has 2 nitrogen and oxygen atoms in total. The van der Waals surface area contributed by atoms with Gasteiger partial charge in [0.25, 0.3) is 0 Å². The van der Waals surface area contributed by atoms with E-state index in [1.807, 2.05) is 0 Å². The fourth-order valence-electron chi connectivity index (χ4n) is 2.14. The highest BCUT2D eigenvalue weighted by atomic mass is 79.9. The van der Waals surface area contributed by atoms with Crippen LogP contribution in [0.1, 0.15) is 25.3 Å². The normalized spacial score (nSPS) is 15.8. The van der Waals surface area contributed by atoms with Crippen LogP contribution in [0.3, 0.4) is 0 Å². The summed E-state index contributed by atoms with van der Waals surface area (Å²) in [6.45, 7) is 6.50. The first-order valence-corrected chi connectivity index (χ1v) is 6.84. The van der Waals surface area contributed by atoms with Crippen molar-refractivity contribution < 1.29 is 0 Å². The van der Waals surface area contributed by atoms with E-state index in [0.717, 1.165) is 13.1 Å². The minimum atomic E-state index is 0.954. The Hall–Kier alpha value is -0.540. The van der Waals surface area contributed by atoms with Crippen molar-refractivity contribution >= 4 is 21.6 Å². The Bertz CT molecular complexity index is 346. The molecule has 0 saturated carbocycles. The van der Waals surface area contributed by atoms with Crippen LogP contribution in [-0.4, -0.2) is 19.6 Å². The SMILES string of the molecule is CCNCc1ccc(N2CCCC2)c(Br)c1. The molecule has 1 aromatic carbocycles. The molecule has 1 aliphatic rings. The summed E-state index contributed by atoms with van der Waals surface area (Å²) in [6, 6.07) is 6.69. The first-order chi connectivity index (χ1) is 7.81. The maximum Gasteiger partial charge on any atom is 0.0510 e. The van der Waals surface area contributed by atoms with E-state index in [4.69, 9.17) is 0 Å². The Labute approximate surface area is 106 Å². The Morgan fingerprint density at radius 2 is 2.06 bits per heavy atom. The summed E-state index contributed by atoms with van der Waals surface area (Å²) in [5, 5.41) is 3.35. The van der Waals surface area contributed by atoms with Crippen molar-refractivity contribution in [1.82, 2.24) is 5.32 Å². The summed E-state index contributed by atoms with van der Waals surface area (Å²) in [5.74, 6) is 0. The van der Waals surface area contributed by atoms with Gasteiger partial charge < -0.3 is 10.2 Å². The third kappa shape index (κ3) is 2.77. The molecule has 2 rings (SSSR count). The largest absolute Gasteiger partial charge is 0.371 e. The Morgan fingerprint density at radius 1 is 1.31 bits per heavy atom. The molecule has 1 fully saturated rings. The molecule has 1 aliphatic heterocycles. The van der Waals surface area contributed by atoms with Crippen LogP contribution in [0.5, 0.6) is 0 Å². The Balaban J connectivity index is 2.09. The lowest BCUT2D eigenvalue weighted by Gasteiger charge is -2.19. The highest BCUT2D eigenvalue weighted by Crippen LogP contribution is 2.29. The van der Waals surface area contributed by atoms with E-state index >= 15 is 0 Å². The lowest BCUT2D eigenvalue weighted by Crippen LogP contribution is -2.18. The molecule has 0 aromatic heterocycles. The molecule has 0 spiro atoms. The molecule has 0 atom stereocenters. The third-order valence-electron chi connectivity index (χ3n) is 3.04. The number of nitrogens with zero attached hydrogens (tertiary/aromatic N) is 1. The van der Waals surface area contributed by atoms with Crippen molar-refractivity contribution in [1.29, 1.82) is 0 Å². The number of anilines is 1. The van der Waals surface area contributed by atoms with E-state index in [1.165, 1.54) is 41.7 Å². The number of rotatable bonds is 4. The number of hydrogen-bond acceptors (Lipinski definition) is 2. The second-order valence-corrected chi connectivity index (χ2v) is 5.11. The minimum Gasteiger partial charge on any atom is -0.371 e. The highest BCUT2D eigenvalue weighted by molar-refractivity contribution is 9.10. The van der Waals surface area contributed by atoms with E-state index < -0.39 is 0 Å². The summed E-state index contributed by atoms with van der Waals surface area (Å²) in [7, 11) is 0. The molecule has 1 saturated heterocycles. The summed E-state index contributed by atoms with van der Waals surface area (Å²) in [6.07, 6.45) is 2.65. The van der Waals surface area contributed by atoms with Crippen molar-refractivity contribution in [2.24, 2.45) is 0 Å². The van der Waals surface area contributed by atoms with Gasteiger partial charge >= 0.3 is 0 Å². The molecule has 1 heterocycles. The van der Waals surface area contributed by atoms with Crippen LogP contribution in [0.15, 0.2) is 22.7 Å². The van der Waals surface area contributed by atoms with Gasteiger partial charge in [-0.3, -0.25) is 0 Å². The zero-order chi connectivity index (χ0) is 11.4. The molecule has 16 heavy (non-hydrogen) atoms. The highest BCUT2D eigenvalue weighted by Gasteiger charge is 2.14. The smallest absolute Gasteiger partial charge is 0.0510 e. The van der Waals surface area contributed by atoms with Gasteiger partial charge in [-0.2, -0.15) is 0 Å². The molecule has 1 N–H and O–H groups in total. The van der Waals surface area contributed by atoms with Gasteiger partial charge in [-0.15, -0.1) is 0 Å². The lowest BCUT2D eigenvalue weighted by molar-refractivity contribution is 0.726. The number of halogens is 1. The van der Waals surface area contributed by atoms with Crippen molar-refractivity contribution in [3.63, 3.8) is 0 Å². The first kappa shape index (κ1) is 11.9. The summed E-state index contributed by atoms with van der Waals surface area (Å²) < 4.78 is 1.23. The van der Waals surface area contributed by atoms with Crippen LogP contribution < -0.4 is 10.2 Å². The fourth-order valence-corrected chi connectivity index (χ4v) is 2.82. The molecular weight excluding hydrogens is 264 g/mol. The molecule has 0 radical (unpaired) electrons. The van der Waals surface area contributed by atoms with Crippen molar-refractivity contribution in [2.45, 2.75) is 26.3 Å². The van der Waals surface area contributed by atoms with Crippen LogP contribution in [0.4, 0.5) is 5.69 Å². The molecule has 0 bridgehead atoms. The van der Waals surface area contributed by atoms with Crippen molar-refractivity contribution in [2.75, 3.05) is 24.5 Å². The minimum absolute atomic E-state index is 0.954. The van der Waals surface area contributed by atoms with Crippen LogP contribution in [0.2, 0.25) is 0 Å². The average Bonchev–Trinajstić information content (AvgIpc) is 2.80.